The zero-order valence-corrected chi connectivity index (χ0v) is 19.3. The normalized spacial score (nSPS) is 17.6. The van der Waals surface area contributed by atoms with Crippen molar-refractivity contribution < 1.29 is 9.47 Å². The molecule has 9 heteroatoms. The van der Waals surface area contributed by atoms with E-state index < -0.39 is 0 Å². The molecule has 168 valence electrons. The number of halogens is 1. The maximum absolute atomic E-state index is 6.21. The average molecular weight is 455 g/mol. The molecule has 32 heavy (non-hydrogen) atoms. The monoisotopic (exact) mass is 454 g/mol. The minimum atomic E-state index is -0.240. The number of hydrogen-bond acceptors (Lipinski definition) is 7. The van der Waals surface area contributed by atoms with Crippen molar-refractivity contribution in [3.05, 3.63) is 58.9 Å². The number of piperazine rings is 1. The molecular formula is C23H27ClN6O2. The molecule has 1 saturated heterocycles. The largest absolute Gasteiger partial charge is 0.454 e. The number of nitrogens with zero attached hydrogens (tertiary/aromatic N) is 6. The predicted octanol–water partition coefficient (Wildman–Crippen LogP) is 3.72. The fourth-order valence-corrected chi connectivity index (χ4v) is 4.54. The molecule has 0 saturated carbocycles. The second kappa shape index (κ2) is 8.26. The summed E-state index contributed by atoms with van der Waals surface area (Å²) in [5, 5.41) is 13.6. The average Bonchev–Trinajstić information content (AvgIpc) is 3.44. The quantitative estimate of drug-likeness (QED) is 0.595. The van der Waals surface area contributed by atoms with Crippen LogP contribution >= 0.6 is 11.6 Å². The van der Waals surface area contributed by atoms with E-state index in [9.17, 15) is 0 Å². The number of fused-ring (bicyclic) bond motifs is 1. The van der Waals surface area contributed by atoms with E-state index >= 15 is 0 Å². The Morgan fingerprint density at radius 2 is 1.75 bits per heavy atom. The number of tetrazole rings is 1. The highest BCUT2D eigenvalue weighted by Gasteiger charge is 2.34. The number of aromatic nitrogens is 4. The van der Waals surface area contributed by atoms with Crippen molar-refractivity contribution in [2.45, 2.75) is 32.4 Å². The van der Waals surface area contributed by atoms with Crippen LogP contribution in [0.5, 0.6) is 11.5 Å². The zero-order chi connectivity index (χ0) is 22.3. The number of rotatable bonds is 4. The smallest absolute Gasteiger partial charge is 0.231 e. The molecule has 0 aliphatic carbocycles. The van der Waals surface area contributed by atoms with Gasteiger partial charge in [0.2, 0.25) is 6.79 Å². The summed E-state index contributed by atoms with van der Waals surface area (Å²) in [6.07, 6.45) is 0. The Kier molecular flexibility index (Phi) is 5.43. The van der Waals surface area contributed by atoms with Gasteiger partial charge in [-0.05, 0) is 67.1 Å². The summed E-state index contributed by atoms with van der Waals surface area (Å²) in [5.41, 5.74) is 2.00. The van der Waals surface area contributed by atoms with Crippen LogP contribution in [0.1, 0.15) is 38.2 Å². The highest BCUT2D eigenvalue weighted by atomic mass is 35.5. The van der Waals surface area contributed by atoms with Gasteiger partial charge in [-0.1, -0.05) is 23.7 Å². The molecule has 2 aliphatic heterocycles. The van der Waals surface area contributed by atoms with Gasteiger partial charge in [0.15, 0.2) is 17.3 Å². The Hall–Kier alpha value is -2.84. The fraction of sp³-hybridized carbons (Fsp3) is 0.435. The molecule has 3 heterocycles. The van der Waals surface area contributed by atoms with Crippen molar-refractivity contribution in [2.24, 2.45) is 0 Å². The highest BCUT2D eigenvalue weighted by Crippen LogP contribution is 2.38. The third kappa shape index (κ3) is 4.00. The molecule has 3 aromatic rings. The van der Waals surface area contributed by atoms with Crippen LogP contribution in [0, 0.1) is 0 Å². The molecule has 0 spiro atoms. The van der Waals surface area contributed by atoms with E-state index in [0.29, 0.717) is 0 Å². The van der Waals surface area contributed by atoms with Crippen LogP contribution in [0.4, 0.5) is 5.69 Å². The third-order valence-corrected chi connectivity index (χ3v) is 6.17. The lowest BCUT2D eigenvalue weighted by molar-refractivity contribution is 0.173. The summed E-state index contributed by atoms with van der Waals surface area (Å²) in [5.74, 6) is 2.36. The first-order chi connectivity index (χ1) is 15.4. The van der Waals surface area contributed by atoms with Crippen molar-refractivity contribution >= 4 is 17.3 Å². The van der Waals surface area contributed by atoms with Crippen LogP contribution in [0.3, 0.4) is 0 Å². The maximum atomic E-state index is 6.21. The van der Waals surface area contributed by atoms with Crippen LogP contribution in [0.25, 0.3) is 0 Å². The van der Waals surface area contributed by atoms with Gasteiger partial charge in [-0.2, -0.15) is 0 Å². The predicted molar refractivity (Wildman–Crippen MR) is 122 cm³/mol. The zero-order valence-electron chi connectivity index (χ0n) is 18.5. The number of benzene rings is 2. The Bertz CT molecular complexity index is 1100. The van der Waals surface area contributed by atoms with E-state index in [-0.39, 0.29) is 18.4 Å². The van der Waals surface area contributed by atoms with E-state index in [1.807, 2.05) is 28.9 Å². The summed E-state index contributed by atoms with van der Waals surface area (Å²) in [6.45, 7) is 10.1. The minimum Gasteiger partial charge on any atom is -0.454 e. The van der Waals surface area contributed by atoms with Gasteiger partial charge in [0, 0.05) is 36.9 Å². The maximum Gasteiger partial charge on any atom is 0.231 e. The van der Waals surface area contributed by atoms with Crippen molar-refractivity contribution in [1.29, 1.82) is 0 Å². The first kappa shape index (κ1) is 21.0. The van der Waals surface area contributed by atoms with Gasteiger partial charge in [0.05, 0.1) is 11.6 Å². The number of anilines is 1. The lowest BCUT2D eigenvalue weighted by Crippen LogP contribution is -2.48. The molecule has 2 aliphatic rings. The molecule has 1 fully saturated rings. The van der Waals surface area contributed by atoms with Crippen LogP contribution in [-0.2, 0) is 5.54 Å². The Morgan fingerprint density at radius 3 is 2.50 bits per heavy atom. The number of ether oxygens (including phenoxy) is 2. The molecule has 2 aromatic carbocycles. The lowest BCUT2D eigenvalue weighted by Gasteiger charge is -2.40. The van der Waals surface area contributed by atoms with Crippen LogP contribution < -0.4 is 14.4 Å². The molecule has 0 bridgehead atoms. The Morgan fingerprint density at radius 1 is 0.969 bits per heavy atom. The second-order valence-electron chi connectivity index (χ2n) is 9.14. The first-order valence-electron chi connectivity index (χ1n) is 10.8. The van der Waals surface area contributed by atoms with Crippen molar-refractivity contribution in [2.75, 3.05) is 37.9 Å². The van der Waals surface area contributed by atoms with Gasteiger partial charge in [0.1, 0.15) is 0 Å². The second-order valence-corrected chi connectivity index (χ2v) is 9.57. The summed E-state index contributed by atoms with van der Waals surface area (Å²) in [4.78, 5) is 4.80. The van der Waals surface area contributed by atoms with Crippen molar-refractivity contribution in [3.63, 3.8) is 0 Å². The van der Waals surface area contributed by atoms with E-state index in [1.54, 1.807) is 0 Å². The fourth-order valence-electron chi connectivity index (χ4n) is 4.36. The minimum absolute atomic E-state index is 0.0970. The van der Waals surface area contributed by atoms with E-state index in [1.165, 1.54) is 0 Å². The van der Waals surface area contributed by atoms with Crippen LogP contribution in [0.2, 0.25) is 5.02 Å². The van der Waals surface area contributed by atoms with Gasteiger partial charge in [0.25, 0.3) is 0 Å². The molecule has 8 nitrogen and oxygen atoms in total. The van der Waals surface area contributed by atoms with Crippen LogP contribution in [0.15, 0.2) is 42.5 Å². The molecule has 0 N–H and O–H groups in total. The standard InChI is InChI=1S/C23H27ClN6O2/c1-23(2,3)30-22(25-26-27-30)21(16-7-8-19-20(13-16)32-15-31-19)29-11-9-28(10-12-29)18-6-4-5-17(24)14-18/h4-8,13-14,21H,9-12,15H2,1-3H3/t21-/m1/s1. The van der Waals surface area contributed by atoms with E-state index in [0.717, 1.165) is 59.8 Å². The molecule has 0 amide bonds. The topological polar surface area (TPSA) is 68.5 Å². The number of hydrogen-bond donors (Lipinski definition) is 0. The van der Waals surface area contributed by atoms with Crippen molar-refractivity contribution in [3.8, 4) is 11.5 Å². The Balaban J connectivity index is 1.47. The van der Waals surface area contributed by atoms with Gasteiger partial charge in [-0.3, -0.25) is 4.90 Å². The highest BCUT2D eigenvalue weighted by molar-refractivity contribution is 6.30. The summed E-state index contributed by atoms with van der Waals surface area (Å²) < 4.78 is 13.1. The molecule has 0 unspecified atom stereocenters. The molecule has 5 rings (SSSR count). The SMILES string of the molecule is CC(C)(C)n1nnnc1[C@@H](c1ccc2c(c1)OCO2)N1CCN(c2cccc(Cl)c2)CC1. The lowest BCUT2D eigenvalue weighted by atomic mass is 10.0. The summed E-state index contributed by atoms with van der Waals surface area (Å²) in [6, 6.07) is 14.0. The molecule has 1 aromatic heterocycles. The van der Waals surface area contributed by atoms with Gasteiger partial charge in [-0.15, -0.1) is 5.10 Å². The third-order valence-electron chi connectivity index (χ3n) is 5.94. The first-order valence-corrected chi connectivity index (χ1v) is 11.2. The van der Waals surface area contributed by atoms with Gasteiger partial charge in [-0.25, -0.2) is 4.68 Å². The van der Waals surface area contributed by atoms with E-state index in [2.05, 4.69) is 64.3 Å². The molecule has 1 atom stereocenters. The summed E-state index contributed by atoms with van der Waals surface area (Å²) in [7, 11) is 0. The van der Waals surface area contributed by atoms with Gasteiger partial charge < -0.3 is 14.4 Å². The van der Waals surface area contributed by atoms with Gasteiger partial charge >= 0.3 is 0 Å². The molecular weight excluding hydrogens is 428 g/mol. The van der Waals surface area contributed by atoms with Crippen LogP contribution in [-0.4, -0.2) is 58.1 Å². The van der Waals surface area contributed by atoms with Crippen molar-refractivity contribution in [1.82, 2.24) is 25.1 Å². The summed E-state index contributed by atoms with van der Waals surface area (Å²) >= 11 is 6.21. The Labute approximate surface area is 192 Å². The van der Waals surface area contributed by atoms with E-state index in [4.69, 9.17) is 21.1 Å². The molecule has 0 radical (unpaired) electrons.